The summed E-state index contributed by atoms with van der Waals surface area (Å²) in [6, 6.07) is 7.31. The van der Waals surface area contributed by atoms with Gasteiger partial charge in [0.1, 0.15) is 0 Å². The summed E-state index contributed by atoms with van der Waals surface area (Å²) >= 11 is 0. The number of amides is 2. The summed E-state index contributed by atoms with van der Waals surface area (Å²) in [6.07, 6.45) is 1.29. The number of rotatable bonds is 8. The second kappa shape index (κ2) is 8.66. The van der Waals surface area contributed by atoms with Crippen LogP contribution < -0.4 is 10.6 Å². The van der Waals surface area contributed by atoms with Crippen LogP contribution in [0.2, 0.25) is 0 Å². The molecule has 0 aliphatic rings. The summed E-state index contributed by atoms with van der Waals surface area (Å²) < 4.78 is 5.18. The fourth-order valence-electron chi connectivity index (χ4n) is 1.99. The molecule has 0 aliphatic carbocycles. The van der Waals surface area contributed by atoms with E-state index in [0.717, 1.165) is 17.5 Å². The molecule has 128 valence electrons. The number of nitrogens with zero attached hydrogens (tertiary/aromatic N) is 2. The Kier molecular flexibility index (Phi) is 6.30. The number of carbonyl (C=O) groups excluding carboxylic acids is 1. The second-order valence-corrected chi connectivity index (χ2v) is 5.14. The van der Waals surface area contributed by atoms with Crippen LogP contribution in [0, 0.1) is 0 Å². The molecule has 2 aromatic rings. The molecular weight excluding hydrogens is 312 g/mol. The van der Waals surface area contributed by atoms with Crippen molar-refractivity contribution in [2.24, 2.45) is 0 Å². The molecule has 0 saturated carbocycles. The van der Waals surface area contributed by atoms with Gasteiger partial charge >= 0.3 is 12.0 Å². The number of aliphatic carboxylic acids is 1. The van der Waals surface area contributed by atoms with Crippen LogP contribution in [-0.4, -0.2) is 40.3 Å². The Balaban J connectivity index is 1.75. The molecule has 1 heterocycles. The van der Waals surface area contributed by atoms with Crippen molar-refractivity contribution in [2.75, 3.05) is 13.1 Å². The molecule has 0 saturated heterocycles. The third-order valence-corrected chi connectivity index (χ3v) is 3.31. The van der Waals surface area contributed by atoms with Crippen molar-refractivity contribution in [3.05, 3.63) is 35.7 Å². The molecule has 0 aliphatic heterocycles. The Morgan fingerprint density at radius 1 is 1.17 bits per heavy atom. The van der Waals surface area contributed by atoms with E-state index in [1.54, 1.807) is 0 Å². The molecule has 2 rings (SSSR count). The number of benzene rings is 1. The SMILES string of the molecule is CCc1noc(-c2ccc(CCNC(=O)NCCC(=O)O)cc2)n1. The molecule has 8 nitrogen and oxygen atoms in total. The number of hydrogen-bond acceptors (Lipinski definition) is 5. The van der Waals surface area contributed by atoms with Crippen LogP contribution in [0.25, 0.3) is 11.5 Å². The van der Waals surface area contributed by atoms with Crippen molar-refractivity contribution in [1.82, 2.24) is 20.8 Å². The average molecular weight is 332 g/mol. The lowest BCUT2D eigenvalue weighted by Crippen LogP contribution is -2.37. The van der Waals surface area contributed by atoms with E-state index in [4.69, 9.17) is 9.63 Å². The van der Waals surface area contributed by atoms with Crippen LogP contribution in [0.5, 0.6) is 0 Å². The molecule has 0 fully saturated rings. The van der Waals surface area contributed by atoms with Crippen LogP contribution >= 0.6 is 0 Å². The van der Waals surface area contributed by atoms with E-state index in [-0.39, 0.29) is 19.0 Å². The highest BCUT2D eigenvalue weighted by Gasteiger charge is 2.07. The third-order valence-electron chi connectivity index (χ3n) is 3.31. The topological polar surface area (TPSA) is 117 Å². The first-order chi connectivity index (χ1) is 11.6. The summed E-state index contributed by atoms with van der Waals surface area (Å²) in [6.45, 7) is 2.53. The number of carbonyl (C=O) groups is 2. The van der Waals surface area contributed by atoms with Crippen LogP contribution in [0.1, 0.15) is 24.7 Å². The predicted molar refractivity (Wildman–Crippen MR) is 86.5 cm³/mol. The predicted octanol–water partition coefficient (Wildman–Crippen LogP) is 1.62. The zero-order valence-electron chi connectivity index (χ0n) is 13.4. The largest absolute Gasteiger partial charge is 0.481 e. The summed E-state index contributed by atoms with van der Waals surface area (Å²) in [5.74, 6) is 0.226. The first-order valence-corrected chi connectivity index (χ1v) is 7.74. The van der Waals surface area contributed by atoms with Gasteiger partial charge in [0.2, 0.25) is 0 Å². The van der Waals surface area contributed by atoms with E-state index >= 15 is 0 Å². The normalized spacial score (nSPS) is 10.4. The zero-order valence-corrected chi connectivity index (χ0v) is 13.4. The van der Waals surface area contributed by atoms with Gasteiger partial charge in [-0.15, -0.1) is 0 Å². The van der Waals surface area contributed by atoms with Crippen molar-refractivity contribution in [3.8, 4) is 11.5 Å². The Hall–Kier alpha value is -2.90. The lowest BCUT2D eigenvalue weighted by molar-refractivity contribution is -0.136. The van der Waals surface area contributed by atoms with E-state index in [1.165, 1.54) is 0 Å². The molecule has 1 aromatic carbocycles. The number of carboxylic acids is 1. The number of nitrogens with one attached hydrogen (secondary N) is 2. The monoisotopic (exact) mass is 332 g/mol. The highest BCUT2D eigenvalue weighted by molar-refractivity contribution is 5.74. The minimum atomic E-state index is -0.942. The lowest BCUT2D eigenvalue weighted by Gasteiger charge is -2.07. The lowest BCUT2D eigenvalue weighted by atomic mass is 10.1. The Morgan fingerprint density at radius 2 is 1.88 bits per heavy atom. The maximum atomic E-state index is 11.4. The van der Waals surface area contributed by atoms with E-state index < -0.39 is 5.97 Å². The van der Waals surface area contributed by atoms with Gasteiger partial charge in [0.05, 0.1) is 6.42 Å². The van der Waals surface area contributed by atoms with Crippen molar-refractivity contribution in [1.29, 1.82) is 0 Å². The van der Waals surface area contributed by atoms with Crippen LogP contribution in [0.15, 0.2) is 28.8 Å². The zero-order chi connectivity index (χ0) is 17.4. The van der Waals surface area contributed by atoms with Crippen molar-refractivity contribution < 1.29 is 19.2 Å². The van der Waals surface area contributed by atoms with Gasteiger partial charge in [-0.25, -0.2) is 4.79 Å². The Bertz CT molecular complexity index is 682. The first-order valence-electron chi connectivity index (χ1n) is 7.74. The summed E-state index contributed by atoms with van der Waals surface area (Å²) in [5, 5.41) is 17.5. The highest BCUT2D eigenvalue weighted by atomic mass is 16.5. The minimum Gasteiger partial charge on any atom is -0.481 e. The standard InChI is InChI=1S/C16H20N4O4/c1-2-13-19-15(24-20-13)12-5-3-11(4-6-12)7-9-17-16(23)18-10-8-14(21)22/h3-6H,2,7-10H2,1H3,(H,21,22)(H2,17,18,23). The van der Waals surface area contributed by atoms with Crippen molar-refractivity contribution in [2.45, 2.75) is 26.2 Å². The number of hydrogen-bond donors (Lipinski definition) is 3. The molecule has 3 N–H and O–H groups in total. The van der Waals surface area contributed by atoms with Gasteiger partial charge in [-0.1, -0.05) is 24.2 Å². The summed E-state index contributed by atoms with van der Waals surface area (Å²) in [5.41, 5.74) is 1.91. The van der Waals surface area contributed by atoms with Gasteiger partial charge in [0.25, 0.3) is 5.89 Å². The third kappa shape index (κ3) is 5.38. The van der Waals surface area contributed by atoms with E-state index in [9.17, 15) is 9.59 Å². The van der Waals surface area contributed by atoms with Gasteiger partial charge in [0.15, 0.2) is 5.82 Å². The molecule has 2 amide bonds. The quantitative estimate of drug-likeness (QED) is 0.676. The summed E-state index contributed by atoms with van der Waals surface area (Å²) in [4.78, 5) is 26.1. The van der Waals surface area contributed by atoms with Gasteiger partial charge in [-0.2, -0.15) is 4.98 Å². The molecule has 0 unspecified atom stereocenters. The van der Waals surface area contributed by atoms with E-state index in [1.807, 2.05) is 31.2 Å². The van der Waals surface area contributed by atoms with Gasteiger partial charge in [0, 0.05) is 25.1 Å². The van der Waals surface area contributed by atoms with Gasteiger partial charge < -0.3 is 20.3 Å². The van der Waals surface area contributed by atoms with Crippen molar-refractivity contribution in [3.63, 3.8) is 0 Å². The molecule has 0 atom stereocenters. The average Bonchev–Trinajstić information content (AvgIpc) is 3.04. The van der Waals surface area contributed by atoms with Crippen LogP contribution in [0.3, 0.4) is 0 Å². The fourth-order valence-corrected chi connectivity index (χ4v) is 1.99. The van der Waals surface area contributed by atoms with E-state index in [2.05, 4.69) is 20.8 Å². The number of urea groups is 1. The molecule has 0 bridgehead atoms. The molecule has 1 aromatic heterocycles. The first kappa shape index (κ1) is 17.5. The summed E-state index contributed by atoms with van der Waals surface area (Å²) in [7, 11) is 0. The minimum absolute atomic E-state index is 0.0930. The van der Waals surface area contributed by atoms with Crippen molar-refractivity contribution >= 4 is 12.0 Å². The molecule has 8 heteroatoms. The number of carboxylic acid groups (broad SMARTS) is 1. The molecular formula is C16H20N4O4. The molecule has 24 heavy (non-hydrogen) atoms. The Morgan fingerprint density at radius 3 is 2.50 bits per heavy atom. The fraction of sp³-hybridized carbons (Fsp3) is 0.375. The molecule has 0 spiro atoms. The van der Waals surface area contributed by atoms with Gasteiger partial charge in [-0.05, 0) is 24.1 Å². The van der Waals surface area contributed by atoms with Gasteiger partial charge in [-0.3, -0.25) is 4.79 Å². The smallest absolute Gasteiger partial charge is 0.314 e. The second-order valence-electron chi connectivity index (χ2n) is 5.14. The van der Waals surface area contributed by atoms with Crippen LogP contribution in [-0.2, 0) is 17.6 Å². The Labute approximate surface area is 139 Å². The molecule has 0 radical (unpaired) electrons. The highest BCUT2D eigenvalue weighted by Crippen LogP contribution is 2.18. The number of aryl methyl sites for hydroxylation is 1. The van der Waals surface area contributed by atoms with Crippen LogP contribution in [0.4, 0.5) is 4.79 Å². The number of aromatic nitrogens is 2. The maximum absolute atomic E-state index is 11.4. The van der Waals surface area contributed by atoms with E-state index in [0.29, 0.717) is 24.7 Å². The maximum Gasteiger partial charge on any atom is 0.314 e.